The molecule has 25 heavy (non-hydrogen) atoms. The minimum atomic E-state index is -0.611. The molecule has 0 aromatic carbocycles. The molecule has 0 radical (unpaired) electrons. The summed E-state index contributed by atoms with van der Waals surface area (Å²) < 4.78 is 12.8. The van der Waals surface area contributed by atoms with Gasteiger partial charge in [0.2, 0.25) is 0 Å². The monoisotopic (exact) mass is 363 g/mol. The molecule has 3 rings (SSSR count). The van der Waals surface area contributed by atoms with Crippen LogP contribution in [-0.4, -0.2) is 34.4 Å². The number of amides is 1. The Hall–Kier alpha value is -2.06. The van der Waals surface area contributed by atoms with Crippen molar-refractivity contribution in [2.45, 2.75) is 31.0 Å². The van der Waals surface area contributed by atoms with Crippen molar-refractivity contribution < 1.29 is 13.9 Å². The fourth-order valence-electron chi connectivity index (χ4n) is 2.75. The Morgan fingerprint density at radius 1 is 1.52 bits per heavy atom. The van der Waals surface area contributed by atoms with Gasteiger partial charge in [-0.3, -0.25) is 4.79 Å². The molecule has 0 spiro atoms. The van der Waals surface area contributed by atoms with Crippen LogP contribution in [0.3, 0.4) is 0 Å². The maximum Gasteiger partial charge on any atom is 0.349 e. The molecule has 1 unspecified atom stereocenters. The van der Waals surface area contributed by atoms with Crippen LogP contribution in [0, 0.1) is 6.92 Å². The Morgan fingerprint density at radius 3 is 3.00 bits per heavy atom. The normalized spacial score (nSPS) is 17.0. The molecular weight excluding hydrogens is 342 g/mol. The van der Waals surface area contributed by atoms with Gasteiger partial charge in [-0.2, -0.15) is 0 Å². The zero-order valence-corrected chi connectivity index (χ0v) is 15.1. The smallest absolute Gasteiger partial charge is 0.349 e. The fourth-order valence-corrected chi connectivity index (χ4v) is 3.54. The maximum atomic E-state index is 12.3. The van der Waals surface area contributed by atoms with Gasteiger partial charge >= 0.3 is 5.63 Å². The summed E-state index contributed by atoms with van der Waals surface area (Å²) in [5.74, 6) is 0.752. The van der Waals surface area contributed by atoms with Crippen LogP contribution in [0.2, 0.25) is 0 Å². The lowest BCUT2D eigenvalue weighted by Gasteiger charge is -2.11. The van der Waals surface area contributed by atoms with E-state index in [1.54, 1.807) is 19.2 Å². The summed E-state index contributed by atoms with van der Waals surface area (Å²) in [7, 11) is 1.91. The molecule has 134 valence electrons. The van der Waals surface area contributed by atoms with Crippen molar-refractivity contribution in [2.24, 2.45) is 7.05 Å². The Morgan fingerprint density at radius 2 is 2.36 bits per heavy atom. The zero-order chi connectivity index (χ0) is 17.8. The molecule has 7 nitrogen and oxygen atoms in total. The summed E-state index contributed by atoms with van der Waals surface area (Å²) in [5, 5.41) is 3.64. The molecule has 0 bridgehead atoms. The van der Waals surface area contributed by atoms with Crippen LogP contribution in [0.15, 0.2) is 32.8 Å². The Kier molecular flexibility index (Phi) is 5.60. The first-order valence-electron chi connectivity index (χ1n) is 8.21. The zero-order valence-electron chi connectivity index (χ0n) is 14.3. The highest BCUT2D eigenvalue weighted by Gasteiger charge is 2.24. The fraction of sp³-hybridized carbons (Fsp3) is 0.471. The average molecular weight is 363 g/mol. The SMILES string of the molecule is Cc1cc(C2CCCO2)oc(=O)c1C(=O)NCCSc1nccn1C. The molecule has 2 aromatic rings. The van der Waals surface area contributed by atoms with Gasteiger partial charge in [-0.15, -0.1) is 0 Å². The molecule has 1 amide bonds. The number of hydrogen-bond acceptors (Lipinski definition) is 6. The van der Waals surface area contributed by atoms with Crippen LogP contribution in [0.1, 0.15) is 40.6 Å². The number of hydrogen-bond donors (Lipinski definition) is 1. The lowest BCUT2D eigenvalue weighted by molar-refractivity contribution is 0.0884. The third-order valence-electron chi connectivity index (χ3n) is 4.04. The van der Waals surface area contributed by atoms with E-state index < -0.39 is 11.5 Å². The summed E-state index contributed by atoms with van der Waals surface area (Å²) >= 11 is 1.54. The Balaban J connectivity index is 1.59. The lowest BCUT2D eigenvalue weighted by atomic mass is 10.1. The quantitative estimate of drug-likeness (QED) is 0.624. The number of carbonyl (C=O) groups is 1. The third kappa shape index (κ3) is 4.13. The van der Waals surface area contributed by atoms with Crippen LogP contribution in [-0.2, 0) is 11.8 Å². The van der Waals surface area contributed by atoms with Crippen LogP contribution in [0.4, 0.5) is 0 Å². The second-order valence-electron chi connectivity index (χ2n) is 5.92. The van der Waals surface area contributed by atoms with Gasteiger partial charge in [-0.1, -0.05) is 11.8 Å². The van der Waals surface area contributed by atoms with Gasteiger partial charge in [0.25, 0.3) is 5.91 Å². The van der Waals surface area contributed by atoms with Gasteiger partial charge in [0.15, 0.2) is 5.16 Å². The molecule has 1 saturated heterocycles. The van der Waals surface area contributed by atoms with Crippen molar-refractivity contribution in [3.63, 3.8) is 0 Å². The van der Waals surface area contributed by atoms with Crippen LogP contribution < -0.4 is 10.9 Å². The standard InChI is InChI=1S/C17H21N3O4S/c1-11-10-13(12-4-3-8-23-12)24-16(22)14(11)15(21)18-6-9-25-17-19-5-7-20(17)2/h5,7,10,12H,3-4,6,8-9H2,1-2H3,(H,18,21). The van der Waals surface area contributed by atoms with Crippen LogP contribution >= 0.6 is 11.8 Å². The molecule has 2 aromatic heterocycles. The number of nitrogens with zero attached hydrogens (tertiary/aromatic N) is 2. The first kappa shape index (κ1) is 17.8. The Labute approximate surface area is 149 Å². The molecule has 0 saturated carbocycles. The van der Waals surface area contributed by atoms with E-state index in [0.717, 1.165) is 18.0 Å². The first-order valence-corrected chi connectivity index (χ1v) is 9.19. The lowest BCUT2D eigenvalue weighted by Crippen LogP contribution is -2.31. The molecule has 0 aliphatic carbocycles. The first-order chi connectivity index (χ1) is 12.1. The number of aromatic nitrogens is 2. The molecule has 1 aliphatic rings. The van der Waals surface area contributed by atoms with Crippen molar-refractivity contribution >= 4 is 17.7 Å². The topological polar surface area (TPSA) is 86.4 Å². The van der Waals surface area contributed by atoms with Crippen LogP contribution in [0.5, 0.6) is 0 Å². The van der Waals surface area contributed by atoms with Crippen molar-refractivity contribution in [1.29, 1.82) is 0 Å². The predicted octanol–water partition coefficient (Wildman–Crippen LogP) is 2.06. The van der Waals surface area contributed by atoms with E-state index in [9.17, 15) is 9.59 Å². The molecular formula is C17H21N3O4S. The minimum absolute atomic E-state index is 0.0590. The molecule has 1 N–H and O–H groups in total. The van der Waals surface area contributed by atoms with E-state index in [2.05, 4.69) is 10.3 Å². The van der Waals surface area contributed by atoms with E-state index in [1.807, 2.05) is 17.8 Å². The number of carbonyl (C=O) groups excluding carboxylic acids is 1. The van der Waals surface area contributed by atoms with E-state index in [0.29, 0.717) is 30.2 Å². The van der Waals surface area contributed by atoms with Gasteiger partial charge in [-0.05, 0) is 31.4 Å². The predicted molar refractivity (Wildman–Crippen MR) is 93.9 cm³/mol. The summed E-state index contributed by atoms with van der Waals surface area (Å²) in [6.07, 6.45) is 5.19. The maximum absolute atomic E-state index is 12.3. The van der Waals surface area contributed by atoms with Crippen molar-refractivity contribution in [3.05, 3.63) is 45.8 Å². The largest absolute Gasteiger partial charge is 0.424 e. The van der Waals surface area contributed by atoms with Gasteiger partial charge in [0.1, 0.15) is 17.4 Å². The van der Waals surface area contributed by atoms with E-state index >= 15 is 0 Å². The summed E-state index contributed by atoms with van der Waals surface area (Å²) in [5.41, 5.74) is 0.0551. The number of ether oxygens (including phenoxy) is 1. The van der Waals surface area contributed by atoms with Crippen molar-refractivity contribution in [1.82, 2.24) is 14.9 Å². The summed E-state index contributed by atoms with van der Waals surface area (Å²) in [6, 6.07) is 1.73. The van der Waals surface area contributed by atoms with E-state index in [1.165, 1.54) is 11.8 Å². The highest BCUT2D eigenvalue weighted by atomic mass is 32.2. The molecule has 1 atom stereocenters. The minimum Gasteiger partial charge on any atom is -0.424 e. The number of rotatable bonds is 6. The molecule has 1 aliphatic heterocycles. The highest BCUT2D eigenvalue weighted by molar-refractivity contribution is 7.99. The van der Waals surface area contributed by atoms with Crippen molar-refractivity contribution in [3.8, 4) is 0 Å². The third-order valence-corrected chi connectivity index (χ3v) is 5.10. The van der Waals surface area contributed by atoms with E-state index in [4.69, 9.17) is 9.15 Å². The second-order valence-corrected chi connectivity index (χ2v) is 6.98. The molecule has 3 heterocycles. The average Bonchev–Trinajstić information content (AvgIpc) is 3.23. The summed E-state index contributed by atoms with van der Waals surface area (Å²) in [4.78, 5) is 28.7. The van der Waals surface area contributed by atoms with Gasteiger partial charge < -0.3 is 19.0 Å². The second kappa shape index (κ2) is 7.88. The number of imidazole rings is 1. The van der Waals surface area contributed by atoms with Gasteiger partial charge in [0.05, 0.1) is 0 Å². The van der Waals surface area contributed by atoms with Crippen molar-refractivity contribution in [2.75, 3.05) is 18.9 Å². The van der Waals surface area contributed by atoms with Gasteiger partial charge in [0, 0.05) is 38.3 Å². The van der Waals surface area contributed by atoms with Gasteiger partial charge in [-0.25, -0.2) is 9.78 Å². The number of thioether (sulfide) groups is 1. The van der Waals surface area contributed by atoms with Crippen LogP contribution in [0.25, 0.3) is 0 Å². The molecule has 1 fully saturated rings. The molecule has 8 heteroatoms. The highest BCUT2D eigenvalue weighted by Crippen LogP contribution is 2.28. The number of aryl methyl sites for hydroxylation is 2. The van der Waals surface area contributed by atoms with E-state index in [-0.39, 0.29) is 11.7 Å². The Bertz CT molecular complexity index is 808. The summed E-state index contributed by atoms with van der Waals surface area (Å²) in [6.45, 7) is 2.85. The number of nitrogens with one attached hydrogen (secondary N) is 1.